The van der Waals surface area contributed by atoms with Gasteiger partial charge in [-0.05, 0) is 49.2 Å². The van der Waals surface area contributed by atoms with E-state index in [4.69, 9.17) is 0 Å². The lowest BCUT2D eigenvalue weighted by atomic mass is 9.94. The van der Waals surface area contributed by atoms with E-state index in [0.717, 1.165) is 4.47 Å². The van der Waals surface area contributed by atoms with Crippen LogP contribution < -0.4 is 4.90 Å². The molecular weight excluding hydrogens is 449 g/mol. The lowest BCUT2D eigenvalue weighted by molar-refractivity contribution is -0.137. The molecule has 2 aliphatic heterocycles. The Morgan fingerprint density at radius 3 is 2.10 bits per heavy atom. The van der Waals surface area contributed by atoms with Gasteiger partial charge in [0.15, 0.2) is 0 Å². The molecule has 2 fully saturated rings. The number of halogens is 2. The molecule has 5 nitrogen and oxygen atoms in total. The number of rotatable bonds is 3. The molecule has 4 rings (SSSR count). The molecule has 7 heteroatoms. The average molecular weight is 474 g/mol. The van der Waals surface area contributed by atoms with Gasteiger partial charge in [0.1, 0.15) is 5.82 Å². The summed E-state index contributed by atoms with van der Waals surface area (Å²) in [5.41, 5.74) is 1.27. The second-order valence-electron chi connectivity index (χ2n) is 7.84. The molecule has 2 aliphatic rings. The molecule has 2 aromatic rings. The zero-order valence-corrected chi connectivity index (χ0v) is 18.4. The molecule has 0 atom stereocenters. The number of likely N-dealkylation sites (tertiary alicyclic amines) is 1. The van der Waals surface area contributed by atoms with Gasteiger partial charge in [-0.1, -0.05) is 28.1 Å². The highest BCUT2D eigenvalue weighted by atomic mass is 79.9. The minimum Gasteiger partial charge on any atom is -0.366 e. The monoisotopic (exact) mass is 473 g/mol. The summed E-state index contributed by atoms with van der Waals surface area (Å²) in [6, 6.07) is 14.1. The first-order chi connectivity index (χ1) is 14.5. The first-order valence-corrected chi connectivity index (χ1v) is 11.2. The molecule has 0 spiro atoms. The Morgan fingerprint density at radius 1 is 0.833 bits per heavy atom. The molecule has 30 heavy (non-hydrogen) atoms. The van der Waals surface area contributed by atoms with E-state index in [-0.39, 0.29) is 23.5 Å². The molecule has 2 heterocycles. The molecule has 158 valence electrons. The first kappa shape index (κ1) is 20.8. The van der Waals surface area contributed by atoms with Crippen LogP contribution in [0, 0.1) is 11.7 Å². The first-order valence-electron chi connectivity index (χ1n) is 10.4. The summed E-state index contributed by atoms with van der Waals surface area (Å²) < 4.78 is 15.0. The molecule has 0 unspecified atom stereocenters. The molecule has 2 saturated heterocycles. The normalized spacial score (nSPS) is 17.9. The van der Waals surface area contributed by atoms with Crippen molar-refractivity contribution in [2.24, 2.45) is 5.92 Å². The van der Waals surface area contributed by atoms with Crippen molar-refractivity contribution >= 4 is 33.4 Å². The highest BCUT2D eigenvalue weighted by Gasteiger charge is 2.32. The lowest BCUT2D eigenvalue weighted by Gasteiger charge is -2.39. The van der Waals surface area contributed by atoms with E-state index < -0.39 is 0 Å². The molecule has 0 N–H and O–H groups in total. The number of para-hydroxylation sites is 1. The molecular formula is C23H25BrFN3O2. The van der Waals surface area contributed by atoms with Crippen LogP contribution >= 0.6 is 15.9 Å². The third-order valence-corrected chi connectivity index (χ3v) is 6.54. The van der Waals surface area contributed by atoms with E-state index in [1.807, 2.05) is 45.0 Å². The fourth-order valence-corrected chi connectivity index (χ4v) is 4.50. The van der Waals surface area contributed by atoms with Gasteiger partial charge in [-0.25, -0.2) is 4.39 Å². The number of piperidine rings is 1. The van der Waals surface area contributed by atoms with Gasteiger partial charge in [-0.15, -0.1) is 0 Å². The summed E-state index contributed by atoms with van der Waals surface area (Å²) in [6.07, 6.45) is 1.38. The number of hydrogen-bond donors (Lipinski definition) is 0. The van der Waals surface area contributed by atoms with Crippen LogP contribution in [0.3, 0.4) is 0 Å². The van der Waals surface area contributed by atoms with Crippen molar-refractivity contribution in [1.29, 1.82) is 0 Å². The Labute approximate surface area is 184 Å². The lowest BCUT2D eigenvalue weighted by Crippen LogP contribution is -2.52. The second-order valence-corrected chi connectivity index (χ2v) is 8.75. The van der Waals surface area contributed by atoms with Crippen LogP contribution in [0.5, 0.6) is 0 Å². The smallest absolute Gasteiger partial charge is 0.253 e. The summed E-state index contributed by atoms with van der Waals surface area (Å²) in [7, 11) is 0. The maximum absolute atomic E-state index is 14.0. The van der Waals surface area contributed by atoms with Gasteiger partial charge in [-0.2, -0.15) is 0 Å². The molecule has 0 bridgehead atoms. The molecule has 2 amide bonds. The van der Waals surface area contributed by atoms with Gasteiger partial charge in [0.25, 0.3) is 5.91 Å². The van der Waals surface area contributed by atoms with Crippen LogP contribution in [0.1, 0.15) is 23.2 Å². The largest absolute Gasteiger partial charge is 0.366 e. The van der Waals surface area contributed by atoms with E-state index in [1.54, 1.807) is 12.1 Å². The van der Waals surface area contributed by atoms with Crippen LogP contribution in [-0.2, 0) is 4.79 Å². The maximum Gasteiger partial charge on any atom is 0.253 e. The molecule has 0 saturated carbocycles. The standard InChI is InChI=1S/C23H25BrFN3O2/c24-19-7-5-17(6-8-19)22(29)27-11-9-18(10-12-27)23(30)28-15-13-26(14-16-28)21-4-2-1-3-20(21)25/h1-8,18H,9-16H2. The average Bonchev–Trinajstić information content (AvgIpc) is 2.79. The minimum atomic E-state index is -0.222. The van der Waals surface area contributed by atoms with Crippen molar-refractivity contribution in [1.82, 2.24) is 9.80 Å². The number of nitrogens with zero attached hydrogens (tertiary/aromatic N) is 3. The van der Waals surface area contributed by atoms with Crippen LogP contribution in [-0.4, -0.2) is 60.9 Å². The van der Waals surface area contributed by atoms with Crippen molar-refractivity contribution in [3.63, 3.8) is 0 Å². The van der Waals surface area contributed by atoms with E-state index >= 15 is 0 Å². The summed E-state index contributed by atoms with van der Waals surface area (Å²) in [5, 5.41) is 0. The zero-order valence-electron chi connectivity index (χ0n) is 16.8. The molecule has 2 aromatic carbocycles. The van der Waals surface area contributed by atoms with Gasteiger partial charge in [-0.3, -0.25) is 9.59 Å². The Kier molecular flexibility index (Phi) is 6.37. The Morgan fingerprint density at radius 2 is 1.47 bits per heavy atom. The van der Waals surface area contributed by atoms with Crippen molar-refractivity contribution in [3.05, 3.63) is 64.4 Å². The van der Waals surface area contributed by atoms with Gasteiger partial charge in [0.05, 0.1) is 5.69 Å². The number of amides is 2. The third-order valence-electron chi connectivity index (χ3n) is 6.01. The van der Waals surface area contributed by atoms with Crippen LogP contribution in [0.15, 0.2) is 53.0 Å². The number of benzene rings is 2. The van der Waals surface area contributed by atoms with Crippen molar-refractivity contribution in [3.8, 4) is 0 Å². The summed E-state index contributed by atoms with van der Waals surface area (Å²) in [6.45, 7) is 3.67. The van der Waals surface area contributed by atoms with E-state index in [1.165, 1.54) is 6.07 Å². The van der Waals surface area contributed by atoms with E-state index in [0.29, 0.717) is 63.4 Å². The number of anilines is 1. The van der Waals surface area contributed by atoms with E-state index in [9.17, 15) is 14.0 Å². The molecule has 0 aromatic heterocycles. The Bertz CT molecular complexity index is 905. The summed E-state index contributed by atoms with van der Waals surface area (Å²) >= 11 is 3.38. The van der Waals surface area contributed by atoms with Crippen LogP contribution in [0.25, 0.3) is 0 Å². The van der Waals surface area contributed by atoms with Crippen LogP contribution in [0.4, 0.5) is 10.1 Å². The highest BCUT2D eigenvalue weighted by molar-refractivity contribution is 9.10. The molecule has 0 aliphatic carbocycles. The third kappa shape index (κ3) is 4.51. The Balaban J connectivity index is 1.28. The predicted molar refractivity (Wildman–Crippen MR) is 118 cm³/mol. The quantitative estimate of drug-likeness (QED) is 0.680. The maximum atomic E-state index is 14.0. The fourth-order valence-electron chi connectivity index (χ4n) is 4.24. The number of hydrogen-bond acceptors (Lipinski definition) is 3. The number of carbonyl (C=O) groups is 2. The van der Waals surface area contributed by atoms with Gasteiger partial charge >= 0.3 is 0 Å². The summed E-state index contributed by atoms with van der Waals surface area (Å²) in [5.74, 6) is -0.0788. The highest BCUT2D eigenvalue weighted by Crippen LogP contribution is 2.24. The Hall–Kier alpha value is -2.41. The summed E-state index contributed by atoms with van der Waals surface area (Å²) in [4.78, 5) is 31.4. The predicted octanol–water partition coefficient (Wildman–Crippen LogP) is 3.79. The minimum absolute atomic E-state index is 0.0203. The second kappa shape index (κ2) is 9.16. The zero-order chi connectivity index (χ0) is 21.1. The van der Waals surface area contributed by atoms with Crippen molar-refractivity contribution < 1.29 is 14.0 Å². The molecule has 0 radical (unpaired) electrons. The SMILES string of the molecule is O=C(c1ccc(Br)cc1)N1CCC(C(=O)N2CCN(c3ccccc3F)CC2)CC1. The van der Waals surface area contributed by atoms with Gasteiger partial charge < -0.3 is 14.7 Å². The number of carbonyl (C=O) groups excluding carboxylic acids is 2. The van der Waals surface area contributed by atoms with Crippen molar-refractivity contribution in [2.75, 3.05) is 44.2 Å². The fraction of sp³-hybridized carbons (Fsp3) is 0.391. The van der Waals surface area contributed by atoms with Gasteiger partial charge in [0.2, 0.25) is 5.91 Å². The topological polar surface area (TPSA) is 43.9 Å². The van der Waals surface area contributed by atoms with Gasteiger partial charge in [0, 0.05) is 55.2 Å². The number of piperazine rings is 1. The van der Waals surface area contributed by atoms with Crippen LogP contribution in [0.2, 0.25) is 0 Å². The van der Waals surface area contributed by atoms with E-state index in [2.05, 4.69) is 15.9 Å². The van der Waals surface area contributed by atoms with Crippen molar-refractivity contribution in [2.45, 2.75) is 12.8 Å².